The average molecular weight is 245 g/mol. The molecule has 0 saturated carbocycles. The summed E-state index contributed by atoms with van der Waals surface area (Å²) in [4.78, 5) is 21.9. The van der Waals surface area contributed by atoms with Gasteiger partial charge in [0.1, 0.15) is 6.29 Å². The van der Waals surface area contributed by atoms with Gasteiger partial charge in [-0.15, -0.1) is 0 Å². The number of fused-ring (bicyclic) bond motifs is 1. The number of rotatable bonds is 4. The maximum absolute atomic E-state index is 11.0. The first-order chi connectivity index (χ1) is 8.58. The van der Waals surface area contributed by atoms with Gasteiger partial charge in [-0.1, -0.05) is 6.92 Å². The molecule has 0 unspecified atom stereocenters. The highest BCUT2D eigenvalue weighted by Crippen LogP contribution is 2.26. The Morgan fingerprint density at radius 2 is 2.17 bits per heavy atom. The Morgan fingerprint density at radius 1 is 1.44 bits per heavy atom. The molecular weight excluding hydrogens is 230 g/mol. The van der Waals surface area contributed by atoms with Crippen molar-refractivity contribution in [1.82, 2.24) is 4.57 Å². The van der Waals surface area contributed by atoms with Crippen LogP contribution in [0.5, 0.6) is 0 Å². The number of nitrogens with zero attached hydrogens (tertiary/aromatic N) is 1. The Hall–Kier alpha value is -2.10. The summed E-state index contributed by atoms with van der Waals surface area (Å²) in [6.45, 7) is 2.05. The first-order valence-corrected chi connectivity index (χ1v) is 5.85. The number of hydrogen-bond donors (Lipinski definition) is 1. The maximum atomic E-state index is 11.0. The van der Waals surface area contributed by atoms with Crippen molar-refractivity contribution in [1.29, 1.82) is 0 Å². The van der Waals surface area contributed by atoms with Crippen molar-refractivity contribution in [2.45, 2.75) is 19.8 Å². The number of benzene rings is 1. The van der Waals surface area contributed by atoms with Gasteiger partial charge in [0.2, 0.25) is 0 Å². The van der Waals surface area contributed by atoms with E-state index < -0.39 is 5.97 Å². The lowest BCUT2D eigenvalue weighted by atomic mass is 10.0. The van der Waals surface area contributed by atoms with Crippen LogP contribution in [0.15, 0.2) is 18.2 Å². The SMILES string of the molecule is CCc1cc2c(CC(=O)O)c(C=O)ccc2n1C. The summed E-state index contributed by atoms with van der Waals surface area (Å²) in [5.74, 6) is -0.924. The molecule has 0 aliphatic heterocycles. The molecule has 4 heteroatoms. The maximum Gasteiger partial charge on any atom is 0.307 e. The van der Waals surface area contributed by atoms with Gasteiger partial charge in [-0.05, 0) is 30.2 Å². The molecule has 0 amide bonds. The molecule has 1 N–H and O–H groups in total. The number of aryl methyl sites for hydroxylation is 2. The molecule has 0 spiro atoms. The topological polar surface area (TPSA) is 59.3 Å². The van der Waals surface area contributed by atoms with Crippen molar-refractivity contribution < 1.29 is 14.7 Å². The van der Waals surface area contributed by atoms with Crippen LogP contribution in [0.1, 0.15) is 28.5 Å². The number of aromatic nitrogens is 1. The molecule has 1 aromatic carbocycles. The fourth-order valence-electron chi connectivity index (χ4n) is 2.34. The van der Waals surface area contributed by atoms with Gasteiger partial charge in [0.25, 0.3) is 0 Å². The molecule has 94 valence electrons. The minimum atomic E-state index is -0.924. The van der Waals surface area contributed by atoms with E-state index in [1.807, 2.05) is 30.7 Å². The van der Waals surface area contributed by atoms with Gasteiger partial charge in [-0.2, -0.15) is 0 Å². The summed E-state index contributed by atoms with van der Waals surface area (Å²) in [6, 6.07) is 5.53. The van der Waals surface area contributed by atoms with E-state index in [2.05, 4.69) is 0 Å². The number of aliphatic carboxylic acids is 1. The standard InChI is InChI=1S/C14H15NO3/c1-3-10-6-12-11(7-14(17)18)9(8-16)4-5-13(12)15(10)2/h4-6,8H,3,7H2,1-2H3,(H,17,18). The molecule has 18 heavy (non-hydrogen) atoms. The normalized spacial score (nSPS) is 10.8. The van der Waals surface area contributed by atoms with Crippen molar-refractivity contribution in [3.05, 3.63) is 35.0 Å². The molecule has 0 saturated heterocycles. The van der Waals surface area contributed by atoms with Crippen LogP contribution in [0.3, 0.4) is 0 Å². The fraction of sp³-hybridized carbons (Fsp3) is 0.286. The highest BCUT2D eigenvalue weighted by molar-refractivity contribution is 5.95. The van der Waals surface area contributed by atoms with Gasteiger partial charge in [0.05, 0.1) is 6.42 Å². The van der Waals surface area contributed by atoms with E-state index in [-0.39, 0.29) is 6.42 Å². The second-order valence-electron chi connectivity index (χ2n) is 4.30. The predicted octanol–water partition coefficient (Wildman–Crippen LogP) is 2.18. The minimum Gasteiger partial charge on any atom is -0.481 e. The Balaban J connectivity index is 2.76. The zero-order valence-corrected chi connectivity index (χ0v) is 10.4. The number of aldehydes is 1. The summed E-state index contributed by atoms with van der Waals surface area (Å²) < 4.78 is 2.04. The Kier molecular flexibility index (Phi) is 3.19. The first-order valence-electron chi connectivity index (χ1n) is 5.85. The van der Waals surface area contributed by atoms with Crippen LogP contribution in [0, 0.1) is 0 Å². The highest BCUT2D eigenvalue weighted by atomic mass is 16.4. The quantitative estimate of drug-likeness (QED) is 0.840. The lowest BCUT2D eigenvalue weighted by molar-refractivity contribution is -0.136. The fourth-order valence-corrected chi connectivity index (χ4v) is 2.34. The van der Waals surface area contributed by atoms with E-state index >= 15 is 0 Å². The summed E-state index contributed by atoms with van der Waals surface area (Å²) in [7, 11) is 1.95. The van der Waals surface area contributed by atoms with E-state index in [1.165, 1.54) is 0 Å². The van der Waals surface area contributed by atoms with E-state index in [4.69, 9.17) is 5.11 Å². The first kappa shape index (κ1) is 12.4. The van der Waals surface area contributed by atoms with Crippen LogP contribution in [0.25, 0.3) is 10.9 Å². The second-order valence-corrected chi connectivity index (χ2v) is 4.30. The molecule has 0 atom stereocenters. The predicted molar refractivity (Wildman–Crippen MR) is 69.0 cm³/mol. The third kappa shape index (κ3) is 1.90. The van der Waals surface area contributed by atoms with Gasteiger partial charge >= 0.3 is 5.97 Å². The minimum absolute atomic E-state index is 0.126. The number of carboxylic acid groups (broad SMARTS) is 1. The number of hydrogen-bond acceptors (Lipinski definition) is 2. The van der Waals surface area contributed by atoms with Crippen molar-refractivity contribution >= 4 is 23.2 Å². The zero-order chi connectivity index (χ0) is 13.3. The highest BCUT2D eigenvalue weighted by Gasteiger charge is 2.14. The van der Waals surface area contributed by atoms with Crippen molar-refractivity contribution in [2.75, 3.05) is 0 Å². The molecular formula is C14H15NO3. The third-order valence-corrected chi connectivity index (χ3v) is 3.29. The Bertz CT molecular complexity index is 625. The number of carbonyl (C=O) groups excluding carboxylic acids is 1. The lowest BCUT2D eigenvalue weighted by Crippen LogP contribution is -2.04. The molecule has 1 heterocycles. The largest absolute Gasteiger partial charge is 0.481 e. The van der Waals surface area contributed by atoms with E-state index in [1.54, 1.807) is 6.07 Å². The van der Waals surface area contributed by atoms with E-state index in [9.17, 15) is 9.59 Å². The van der Waals surface area contributed by atoms with Crippen molar-refractivity contribution in [2.24, 2.45) is 7.05 Å². The van der Waals surface area contributed by atoms with Crippen LogP contribution >= 0.6 is 0 Å². The molecule has 1 aromatic heterocycles. The van der Waals surface area contributed by atoms with Crippen LogP contribution in [0.2, 0.25) is 0 Å². The Labute approximate surface area is 105 Å². The van der Waals surface area contributed by atoms with E-state index in [0.717, 1.165) is 29.3 Å². The molecule has 2 rings (SSSR count). The van der Waals surface area contributed by atoms with Gasteiger partial charge in [-0.3, -0.25) is 9.59 Å². The van der Waals surface area contributed by atoms with Crippen LogP contribution in [-0.2, 0) is 24.7 Å². The molecule has 0 aliphatic carbocycles. The zero-order valence-electron chi connectivity index (χ0n) is 10.4. The Morgan fingerprint density at radius 3 is 2.72 bits per heavy atom. The number of carboxylic acids is 1. The monoisotopic (exact) mass is 245 g/mol. The molecule has 0 bridgehead atoms. The van der Waals surface area contributed by atoms with Gasteiger partial charge in [0.15, 0.2) is 0 Å². The third-order valence-electron chi connectivity index (χ3n) is 3.29. The van der Waals surface area contributed by atoms with Gasteiger partial charge in [-0.25, -0.2) is 0 Å². The summed E-state index contributed by atoms with van der Waals surface area (Å²) >= 11 is 0. The summed E-state index contributed by atoms with van der Waals surface area (Å²) in [6.07, 6.45) is 1.46. The molecule has 0 radical (unpaired) electrons. The second kappa shape index (κ2) is 4.64. The van der Waals surface area contributed by atoms with E-state index in [0.29, 0.717) is 11.1 Å². The van der Waals surface area contributed by atoms with Crippen LogP contribution < -0.4 is 0 Å². The number of carbonyl (C=O) groups is 2. The smallest absolute Gasteiger partial charge is 0.307 e. The molecule has 0 fully saturated rings. The van der Waals surface area contributed by atoms with Crippen molar-refractivity contribution in [3.8, 4) is 0 Å². The van der Waals surface area contributed by atoms with Crippen molar-refractivity contribution in [3.63, 3.8) is 0 Å². The summed E-state index contributed by atoms with van der Waals surface area (Å²) in [5.41, 5.74) is 3.15. The molecule has 4 nitrogen and oxygen atoms in total. The summed E-state index contributed by atoms with van der Waals surface area (Å²) in [5, 5.41) is 9.82. The van der Waals surface area contributed by atoms with Gasteiger partial charge in [0, 0.05) is 29.2 Å². The lowest BCUT2D eigenvalue weighted by Gasteiger charge is -2.05. The molecule has 0 aliphatic rings. The molecule has 2 aromatic rings. The van der Waals surface area contributed by atoms with Gasteiger partial charge < -0.3 is 9.67 Å². The average Bonchev–Trinajstić information content (AvgIpc) is 2.67. The van der Waals surface area contributed by atoms with Crippen LogP contribution in [0.4, 0.5) is 0 Å². The van der Waals surface area contributed by atoms with Crippen LogP contribution in [-0.4, -0.2) is 21.9 Å².